The molecular formula is C17H20N4O7. The zero-order valence-electron chi connectivity index (χ0n) is 15.5. The van der Waals surface area contributed by atoms with Crippen LogP contribution in [0.2, 0.25) is 0 Å². The van der Waals surface area contributed by atoms with Crippen LogP contribution in [0.1, 0.15) is 24.0 Å². The predicted octanol–water partition coefficient (Wildman–Crippen LogP) is 0.719. The Bertz CT molecular complexity index is 904. The molecule has 28 heavy (non-hydrogen) atoms. The number of amides is 1. The second kappa shape index (κ2) is 6.04. The fraction of sp³-hybridized carbons (Fsp3) is 0.529. The van der Waals surface area contributed by atoms with E-state index in [4.69, 9.17) is 19.9 Å². The molecule has 0 saturated carbocycles. The number of carbonyl (C=O) groups excluding carboxylic acids is 2. The van der Waals surface area contributed by atoms with Crippen molar-refractivity contribution in [1.82, 2.24) is 5.32 Å². The fourth-order valence-corrected chi connectivity index (χ4v) is 4.68. The Morgan fingerprint density at radius 2 is 2.18 bits per heavy atom. The average Bonchev–Trinajstić information content (AvgIpc) is 3.24. The summed E-state index contributed by atoms with van der Waals surface area (Å²) in [5, 5.41) is 17.1. The molecule has 3 aliphatic heterocycles. The van der Waals surface area contributed by atoms with E-state index in [9.17, 15) is 19.6 Å². The van der Waals surface area contributed by atoms with Crippen LogP contribution in [0.3, 0.4) is 0 Å². The number of anilines is 1. The molecule has 4 atom stereocenters. The zero-order chi connectivity index (χ0) is 20.4. The molecule has 11 nitrogen and oxygen atoms in total. The Morgan fingerprint density at radius 1 is 1.46 bits per heavy atom. The minimum atomic E-state index is -1.01. The third kappa shape index (κ3) is 2.23. The third-order valence-electron chi connectivity index (χ3n) is 5.75. The maximum atomic E-state index is 11.7. The Hall–Kier alpha value is -2.92. The molecule has 4 N–H and O–H groups in total. The number of phenolic OH excluding ortho intramolecular Hbond substituents is 1. The minimum absolute atomic E-state index is 0.107. The van der Waals surface area contributed by atoms with E-state index in [0.29, 0.717) is 12.2 Å². The second-order valence-corrected chi connectivity index (χ2v) is 7.10. The summed E-state index contributed by atoms with van der Waals surface area (Å²) in [5.74, 6) is -1.52. The number of hydrogen-bond acceptors (Lipinski definition) is 10. The van der Waals surface area contributed by atoms with Crippen molar-refractivity contribution in [3.63, 3.8) is 0 Å². The number of esters is 1. The number of fused-ring (bicyclic) bond motifs is 5. The van der Waals surface area contributed by atoms with Gasteiger partial charge < -0.3 is 35.3 Å². The van der Waals surface area contributed by atoms with Crippen molar-refractivity contribution < 1.29 is 28.9 Å². The van der Waals surface area contributed by atoms with Crippen molar-refractivity contribution in [3.8, 4) is 11.5 Å². The highest BCUT2D eigenvalue weighted by Gasteiger charge is 2.71. The lowest BCUT2D eigenvalue weighted by atomic mass is 9.88. The number of carbonyl (C=O) groups is 2. The second-order valence-electron chi connectivity index (χ2n) is 7.10. The number of nitrogens with zero attached hydrogens (tertiary/aromatic N) is 2. The molecule has 3 heterocycles. The fourth-order valence-electron chi connectivity index (χ4n) is 4.68. The van der Waals surface area contributed by atoms with Crippen LogP contribution in [0, 0.1) is 11.8 Å². The van der Waals surface area contributed by atoms with Gasteiger partial charge in [-0.1, -0.05) is 0 Å². The summed E-state index contributed by atoms with van der Waals surface area (Å²) in [4.78, 5) is 36.3. The number of rotatable bonds is 5. The van der Waals surface area contributed by atoms with Crippen LogP contribution in [0.15, 0.2) is 5.18 Å². The van der Waals surface area contributed by atoms with Crippen LogP contribution >= 0.6 is 0 Å². The van der Waals surface area contributed by atoms with E-state index in [1.54, 1.807) is 0 Å². The summed E-state index contributed by atoms with van der Waals surface area (Å²) in [6.07, 6.45) is -0.981. The number of nitrogens with one attached hydrogen (secondary N) is 1. The predicted molar refractivity (Wildman–Crippen MR) is 95.7 cm³/mol. The topological polar surface area (TPSA) is 163 Å². The first kappa shape index (κ1) is 18.4. The highest BCUT2D eigenvalue weighted by atomic mass is 16.6. The molecule has 0 spiro atoms. The van der Waals surface area contributed by atoms with E-state index in [-0.39, 0.29) is 47.0 Å². The lowest BCUT2D eigenvalue weighted by Gasteiger charge is -2.38. The van der Waals surface area contributed by atoms with E-state index in [2.05, 4.69) is 10.5 Å². The number of methoxy groups -OCH3 is 1. The first-order valence-electron chi connectivity index (χ1n) is 8.70. The van der Waals surface area contributed by atoms with Crippen LogP contribution in [-0.2, 0) is 14.3 Å². The van der Waals surface area contributed by atoms with Gasteiger partial charge in [-0.15, -0.1) is 4.91 Å². The summed E-state index contributed by atoms with van der Waals surface area (Å²) >= 11 is 0. The summed E-state index contributed by atoms with van der Waals surface area (Å²) in [6, 6.07) is 0.0181. The number of ether oxygens (including phenoxy) is 3. The van der Waals surface area contributed by atoms with Gasteiger partial charge in [0, 0.05) is 37.7 Å². The van der Waals surface area contributed by atoms with Gasteiger partial charge in [-0.3, -0.25) is 4.79 Å². The number of benzene rings is 1. The summed E-state index contributed by atoms with van der Waals surface area (Å²) in [7, 11) is 1.51. The van der Waals surface area contributed by atoms with Crippen LogP contribution in [0.25, 0.3) is 0 Å². The third-order valence-corrected chi connectivity index (χ3v) is 5.75. The smallest absolute Gasteiger partial charge is 0.404 e. The monoisotopic (exact) mass is 392 g/mol. The van der Waals surface area contributed by atoms with E-state index in [1.807, 2.05) is 4.90 Å². The van der Waals surface area contributed by atoms with Gasteiger partial charge in [0.1, 0.15) is 6.61 Å². The SMILES string of the molecule is CO[C@@]12C3N[C@H]3CN1c1c(OC(C)=O)c(C)c(N=O)c(O)c1[C@@H]2COC(N)=O. The Balaban J connectivity index is 1.98. The number of piperazine rings is 1. The molecule has 1 amide bonds. The van der Waals surface area contributed by atoms with Crippen molar-refractivity contribution in [2.24, 2.45) is 10.9 Å². The zero-order valence-corrected chi connectivity index (χ0v) is 15.5. The van der Waals surface area contributed by atoms with Gasteiger partial charge in [-0.25, -0.2) is 4.79 Å². The van der Waals surface area contributed by atoms with Crippen LogP contribution in [-0.4, -0.2) is 55.2 Å². The van der Waals surface area contributed by atoms with Crippen molar-refractivity contribution in [2.75, 3.05) is 25.2 Å². The number of hydrogen-bond donors (Lipinski definition) is 3. The lowest BCUT2D eigenvalue weighted by Crippen LogP contribution is -2.54. The molecule has 0 aliphatic carbocycles. The molecule has 2 saturated heterocycles. The van der Waals surface area contributed by atoms with Crippen molar-refractivity contribution >= 4 is 23.4 Å². The number of phenols is 1. The maximum Gasteiger partial charge on any atom is 0.404 e. The molecule has 1 unspecified atom stereocenters. The largest absolute Gasteiger partial charge is 0.505 e. The maximum absolute atomic E-state index is 11.7. The quantitative estimate of drug-likeness (QED) is 0.283. The minimum Gasteiger partial charge on any atom is -0.505 e. The first-order chi connectivity index (χ1) is 13.3. The van der Waals surface area contributed by atoms with Crippen LogP contribution in [0.5, 0.6) is 11.5 Å². The normalized spacial score (nSPS) is 29.0. The molecule has 0 radical (unpaired) electrons. The Labute approximate surface area is 159 Å². The molecule has 0 aromatic heterocycles. The Kier molecular flexibility index (Phi) is 3.98. The van der Waals surface area contributed by atoms with Gasteiger partial charge in [-0.2, -0.15) is 0 Å². The molecule has 150 valence electrons. The molecule has 0 bridgehead atoms. The number of aromatic hydroxyl groups is 1. The van der Waals surface area contributed by atoms with Gasteiger partial charge in [-0.05, 0) is 12.1 Å². The molecule has 4 rings (SSSR count). The standard InChI is InChI=1S/C17H20N4O7/c1-6-11(20-25)13(23)10-8(5-27-16(18)24)17(26-3)15-9(19-15)4-21(17)12(10)14(6)28-7(2)22/h8-9,15,19,23H,4-5H2,1-3H3,(H2,18,24)/t8-,9-,15?,17-/m0/s1. The molecule has 2 fully saturated rings. The average molecular weight is 392 g/mol. The van der Waals surface area contributed by atoms with Gasteiger partial charge in [0.15, 0.2) is 22.9 Å². The summed E-state index contributed by atoms with van der Waals surface area (Å²) in [6.45, 7) is 3.08. The van der Waals surface area contributed by atoms with E-state index >= 15 is 0 Å². The Morgan fingerprint density at radius 3 is 2.75 bits per heavy atom. The van der Waals surface area contributed by atoms with Crippen molar-refractivity contribution in [3.05, 3.63) is 16.0 Å². The molecule has 3 aliphatic rings. The number of nitroso groups, excluding NO2 is 1. The number of nitrogens with two attached hydrogens (primary N) is 1. The molecular weight excluding hydrogens is 372 g/mol. The lowest BCUT2D eigenvalue weighted by molar-refractivity contribution is -0.131. The van der Waals surface area contributed by atoms with Gasteiger partial charge in [0.2, 0.25) is 0 Å². The van der Waals surface area contributed by atoms with Crippen LogP contribution < -0.4 is 20.7 Å². The van der Waals surface area contributed by atoms with Gasteiger partial charge >= 0.3 is 12.1 Å². The van der Waals surface area contributed by atoms with Gasteiger partial charge in [0.05, 0.1) is 17.6 Å². The van der Waals surface area contributed by atoms with Crippen LogP contribution in [0.4, 0.5) is 16.2 Å². The van der Waals surface area contributed by atoms with Crippen molar-refractivity contribution in [1.29, 1.82) is 0 Å². The molecule has 11 heteroatoms. The van der Waals surface area contributed by atoms with Gasteiger partial charge in [0.25, 0.3) is 0 Å². The van der Waals surface area contributed by atoms with Crippen molar-refractivity contribution in [2.45, 2.75) is 37.6 Å². The van der Waals surface area contributed by atoms with E-state index in [0.717, 1.165) is 0 Å². The highest BCUT2D eigenvalue weighted by molar-refractivity contribution is 5.87. The summed E-state index contributed by atoms with van der Waals surface area (Å²) in [5.41, 5.74) is 4.81. The van der Waals surface area contributed by atoms with E-state index < -0.39 is 23.7 Å². The molecule has 1 aromatic carbocycles. The van der Waals surface area contributed by atoms with E-state index in [1.165, 1.54) is 21.0 Å². The highest BCUT2D eigenvalue weighted by Crippen LogP contribution is 2.64. The summed E-state index contributed by atoms with van der Waals surface area (Å²) < 4.78 is 16.4. The number of primary amides is 1. The first-order valence-corrected chi connectivity index (χ1v) is 8.70. The molecule has 1 aromatic rings.